The SMILES string of the molecule is CCOC(=O)C(C)(C)NCCCN=[N+]=[N-]. The number of carbonyl (C=O) groups excluding carboxylic acids is 1. The number of hydrogen-bond acceptors (Lipinski definition) is 4. The van der Waals surface area contributed by atoms with Crippen LogP contribution in [0.15, 0.2) is 5.11 Å². The molecule has 6 nitrogen and oxygen atoms in total. The Morgan fingerprint density at radius 2 is 2.27 bits per heavy atom. The van der Waals surface area contributed by atoms with Gasteiger partial charge in [-0.1, -0.05) is 5.11 Å². The van der Waals surface area contributed by atoms with Crippen LogP contribution in [0.25, 0.3) is 10.4 Å². The number of azide groups is 1. The van der Waals surface area contributed by atoms with E-state index in [4.69, 9.17) is 10.3 Å². The van der Waals surface area contributed by atoms with E-state index in [-0.39, 0.29) is 5.97 Å². The van der Waals surface area contributed by atoms with E-state index >= 15 is 0 Å². The van der Waals surface area contributed by atoms with E-state index in [9.17, 15) is 4.79 Å². The van der Waals surface area contributed by atoms with Crippen molar-refractivity contribution in [2.45, 2.75) is 32.7 Å². The van der Waals surface area contributed by atoms with Crippen molar-refractivity contribution in [3.8, 4) is 0 Å². The van der Waals surface area contributed by atoms with Gasteiger partial charge in [0.1, 0.15) is 5.54 Å². The topological polar surface area (TPSA) is 87.1 Å². The number of ether oxygens (including phenoxy) is 1. The lowest BCUT2D eigenvalue weighted by Crippen LogP contribution is -2.48. The molecule has 0 aromatic carbocycles. The first-order valence-corrected chi connectivity index (χ1v) is 4.97. The van der Waals surface area contributed by atoms with Crippen LogP contribution in [0.5, 0.6) is 0 Å². The van der Waals surface area contributed by atoms with Crippen LogP contribution in [0.3, 0.4) is 0 Å². The Morgan fingerprint density at radius 1 is 1.60 bits per heavy atom. The Hall–Kier alpha value is -1.26. The Morgan fingerprint density at radius 3 is 2.80 bits per heavy atom. The molecule has 0 aliphatic rings. The first-order valence-electron chi connectivity index (χ1n) is 4.97. The number of rotatable bonds is 7. The quantitative estimate of drug-likeness (QED) is 0.229. The lowest BCUT2D eigenvalue weighted by Gasteiger charge is -2.23. The van der Waals surface area contributed by atoms with Gasteiger partial charge in [-0.3, -0.25) is 4.79 Å². The first-order chi connectivity index (χ1) is 7.04. The molecule has 0 bridgehead atoms. The molecule has 0 heterocycles. The van der Waals surface area contributed by atoms with Gasteiger partial charge in [-0.05, 0) is 39.3 Å². The Kier molecular flexibility index (Phi) is 6.49. The summed E-state index contributed by atoms with van der Waals surface area (Å²) in [6.45, 7) is 6.72. The second-order valence-electron chi connectivity index (χ2n) is 3.58. The molecule has 0 atom stereocenters. The predicted molar refractivity (Wildman–Crippen MR) is 57.3 cm³/mol. The highest BCUT2D eigenvalue weighted by Crippen LogP contribution is 2.04. The van der Waals surface area contributed by atoms with Crippen molar-refractivity contribution >= 4 is 5.97 Å². The van der Waals surface area contributed by atoms with Gasteiger partial charge < -0.3 is 10.1 Å². The molecule has 0 aromatic heterocycles. The fraction of sp³-hybridized carbons (Fsp3) is 0.889. The van der Waals surface area contributed by atoms with Crippen molar-refractivity contribution in [3.05, 3.63) is 10.4 Å². The van der Waals surface area contributed by atoms with Crippen LogP contribution in [0.1, 0.15) is 27.2 Å². The third-order valence-corrected chi connectivity index (χ3v) is 1.85. The van der Waals surface area contributed by atoms with E-state index < -0.39 is 5.54 Å². The highest BCUT2D eigenvalue weighted by atomic mass is 16.5. The van der Waals surface area contributed by atoms with E-state index in [2.05, 4.69) is 15.3 Å². The molecule has 1 N–H and O–H groups in total. The standard InChI is InChI=1S/C9H18N4O2/c1-4-15-8(14)9(2,3)11-6-5-7-12-13-10/h11H,4-7H2,1-3H3. The third kappa shape index (κ3) is 5.93. The normalized spacial score (nSPS) is 10.6. The number of hydrogen-bond donors (Lipinski definition) is 1. The summed E-state index contributed by atoms with van der Waals surface area (Å²) in [5.41, 5.74) is 7.36. The van der Waals surface area contributed by atoms with Crippen molar-refractivity contribution in [2.24, 2.45) is 5.11 Å². The molecule has 0 saturated heterocycles. The fourth-order valence-electron chi connectivity index (χ4n) is 0.979. The van der Waals surface area contributed by atoms with Gasteiger partial charge in [0.25, 0.3) is 0 Å². The second-order valence-corrected chi connectivity index (χ2v) is 3.58. The van der Waals surface area contributed by atoms with Crippen LogP contribution >= 0.6 is 0 Å². The summed E-state index contributed by atoms with van der Waals surface area (Å²) < 4.78 is 4.90. The molecule has 0 aliphatic carbocycles. The lowest BCUT2D eigenvalue weighted by atomic mass is 10.1. The van der Waals surface area contributed by atoms with Crippen LogP contribution in [-0.2, 0) is 9.53 Å². The number of carbonyl (C=O) groups is 1. The maximum atomic E-state index is 11.4. The van der Waals surface area contributed by atoms with Crippen LogP contribution in [-0.4, -0.2) is 31.2 Å². The Balaban J connectivity index is 3.82. The maximum Gasteiger partial charge on any atom is 0.325 e. The first kappa shape index (κ1) is 13.7. The number of esters is 1. The van der Waals surface area contributed by atoms with Gasteiger partial charge in [-0.2, -0.15) is 0 Å². The molecule has 0 radical (unpaired) electrons. The average Bonchev–Trinajstić information content (AvgIpc) is 2.18. The maximum absolute atomic E-state index is 11.4. The minimum Gasteiger partial charge on any atom is -0.465 e. The average molecular weight is 214 g/mol. The molecule has 0 fully saturated rings. The molecule has 0 amide bonds. The molecule has 0 spiro atoms. The summed E-state index contributed by atoms with van der Waals surface area (Å²) in [5, 5.41) is 6.44. The van der Waals surface area contributed by atoms with Crippen LogP contribution in [0.2, 0.25) is 0 Å². The van der Waals surface area contributed by atoms with E-state index in [0.29, 0.717) is 26.1 Å². The number of nitrogens with one attached hydrogen (secondary N) is 1. The lowest BCUT2D eigenvalue weighted by molar-refractivity contribution is -0.149. The van der Waals surface area contributed by atoms with Gasteiger partial charge in [0.15, 0.2) is 0 Å². The minimum atomic E-state index is -0.688. The molecule has 0 aromatic rings. The van der Waals surface area contributed by atoms with Crippen LogP contribution in [0.4, 0.5) is 0 Å². The highest BCUT2D eigenvalue weighted by molar-refractivity contribution is 5.79. The molecular formula is C9H18N4O2. The molecule has 0 unspecified atom stereocenters. The summed E-state index contributed by atoms with van der Waals surface area (Å²) in [7, 11) is 0. The molecular weight excluding hydrogens is 196 g/mol. The molecule has 0 saturated carbocycles. The zero-order valence-corrected chi connectivity index (χ0v) is 9.49. The molecule has 15 heavy (non-hydrogen) atoms. The third-order valence-electron chi connectivity index (χ3n) is 1.85. The van der Waals surface area contributed by atoms with Crippen molar-refractivity contribution in [1.29, 1.82) is 0 Å². The number of nitrogens with zero attached hydrogens (tertiary/aromatic N) is 3. The molecule has 6 heteroatoms. The smallest absolute Gasteiger partial charge is 0.325 e. The summed E-state index contributed by atoms with van der Waals surface area (Å²) >= 11 is 0. The Labute approximate surface area is 89.6 Å². The van der Waals surface area contributed by atoms with E-state index in [1.54, 1.807) is 20.8 Å². The van der Waals surface area contributed by atoms with Crippen molar-refractivity contribution in [2.75, 3.05) is 19.7 Å². The van der Waals surface area contributed by atoms with Gasteiger partial charge in [0, 0.05) is 11.5 Å². The zero-order chi connectivity index (χ0) is 11.7. The van der Waals surface area contributed by atoms with E-state index in [0.717, 1.165) is 0 Å². The molecule has 0 rings (SSSR count). The van der Waals surface area contributed by atoms with Gasteiger partial charge >= 0.3 is 5.97 Å². The summed E-state index contributed by atoms with van der Waals surface area (Å²) in [6.07, 6.45) is 0.701. The van der Waals surface area contributed by atoms with Crippen LogP contribution in [0, 0.1) is 0 Å². The van der Waals surface area contributed by atoms with E-state index in [1.165, 1.54) is 0 Å². The van der Waals surface area contributed by atoms with Gasteiger partial charge in [-0.25, -0.2) is 0 Å². The van der Waals surface area contributed by atoms with Gasteiger partial charge in [-0.15, -0.1) is 0 Å². The van der Waals surface area contributed by atoms with Gasteiger partial charge in [0.2, 0.25) is 0 Å². The summed E-state index contributed by atoms with van der Waals surface area (Å²) in [6, 6.07) is 0. The summed E-state index contributed by atoms with van der Waals surface area (Å²) in [4.78, 5) is 14.1. The zero-order valence-electron chi connectivity index (χ0n) is 9.49. The largest absolute Gasteiger partial charge is 0.465 e. The molecule has 0 aliphatic heterocycles. The van der Waals surface area contributed by atoms with Crippen LogP contribution < -0.4 is 5.32 Å². The molecule has 86 valence electrons. The fourth-order valence-corrected chi connectivity index (χ4v) is 0.979. The monoisotopic (exact) mass is 214 g/mol. The minimum absolute atomic E-state index is 0.270. The highest BCUT2D eigenvalue weighted by Gasteiger charge is 2.27. The van der Waals surface area contributed by atoms with Crippen molar-refractivity contribution in [3.63, 3.8) is 0 Å². The Bertz CT molecular complexity index is 246. The van der Waals surface area contributed by atoms with E-state index in [1.807, 2.05) is 0 Å². The van der Waals surface area contributed by atoms with Crippen molar-refractivity contribution in [1.82, 2.24) is 5.32 Å². The second kappa shape index (κ2) is 7.09. The van der Waals surface area contributed by atoms with Gasteiger partial charge in [0.05, 0.1) is 6.61 Å². The predicted octanol–water partition coefficient (Wildman–Crippen LogP) is 1.62. The summed E-state index contributed by atoms with van der Waals surface area (Å²) in [5.74, 6) is -0.270. The van der Waals surface area contributed by atoms with Crippen molar-refractivity contribution < 1.29 is 9.53 Å².